The van der Waals surface area contributed by atoms with Gasteiger partial charge in [0.05, 0.1) is 23.8 Å². The summed E-state index contributed by atoms with van der Waals surface area (Å²) in [6, 6.07) is 3.69. The molecule has 0 radical (unpaired) electrons. The van der Waals surface area contributed by atoms with Gasteiger partial charge in [-0.2, -0.15) is 0 Å². The summed E-state index contributed by atoms with van der Waals surface area (Å²) < 4.78 is 17.0. The summed E-state index contributed by atoms with van der Waals surface area (Å²) in [7, 11) is 1.57. The van der Waals surface area contributed by atoms with E-state index >= 15 is 0 Å². The molecule has 152 valence electrons. The molecule has 0 unspecified atom stereocenters. The van der Waals surface area contributed by atoms with Crippen molar-refractivity contribution in [1.82, 2.24) is 0 Å². The summed E-state index contributed by atoms with van der Waals surface area (Å²) in [6.07, 6.45) is 11.1. The highest BCUT2D eigenvalue weighted by molar-refractivity contribution is 9.10. The van der Waals surface area contributed by atoms with Crippen molar-refractivity contribution in [3.63, 3.8) is 0 Å². The molecule has 2 aromatic rings. The van der Waals surface area contributed by atoms with Crippen LogP contribution in [0.2, 0.25) is 0 Å². The number of hydrogen-bond acceptors (Lipinski definition) is 6. The van der Waals surface area contributed by atoms with E-state index < -0.39 is 0 Å². The highest BCUT2D eigenvalue weighted by atomic mass is 79.9. The number of nitrogens with zero attached hydrogens (tertiary/aromatic N) is 1. The SMILES string of the molecule is C#CCOc1c(Br)cc(C=Nc2sc3c(c2C(=O)OCC)CCCC3)cc1OC. The van der Waals surface area contributed by atoms with E-state index in [4.69, 9.17) is 20.6 Å². The monoisotopic (exact) mass is 475 g/mol. The average Bonchev–Trinajstić information content (AvgIpc) is 3.09. The molecule has 0 saturated heterocycles. The quantitative estimate of drug-likeness (QED) is 0.308. The first kappa shape index (κ1) is 21.4. The molecular weight excluding hydrogens is 454 g/mol. The van der Waals surface area contributed by atoms with E-state index in [0.29, 0.717) is 33.1 Å². The van der Waals surface area contributed by atoms with Gasteiger partial charge in [0.15, 0.2) is 11.5 Å². The topological polar surface area (TPSA) is 57.1 Å². The van der Waals surface area contributed by atoms with Crippen molar-refractivity contribution >= 4 is 44.5 Å². The van der Waals surface area contributed by atoms with Crippen LogP contribution in [-0.4, -0.2) is 32.5 Å². The maximum absolute atomic E-state index is 12.6. The van der Waals surface area contributed by atoms with Gasteiger partial charge in [0.25, 0.3) is 0 Å². The summed E-state index contributed by atoms with van der Waals surface area (Å²) in [5.74, 6) is 3.24. The zero-order chi connectivity index (χ0) is 20.8. The van der Waals surface area contributed by atoms with Crippen LogP contribution >= 0.6 is 27.3 Å². The van der Waals surface area contributed by atoms with Crippen molar-refractivity contribution in [1.29, 1.82) is 0 Å². The standard InChI is InChI=1S/C22H22BrNO4S/c1-4-10-28-20-16(23)11-14(12-17(20)26-3)13-24-21-19(22(25)27-5-2)15-8-6-7-9-18(15)29-21/h1,11-13H,5-10H2,2-3H3. The van der Waals surface area contributed by atoms with E-state index in [2.05, 4.69) is 26.8 Å². The minimum absolute atomic E-state index is 0.145. The summed E-state index contributed by atoms with van der Waals surface area (Å²) in [5, 5.41) is 0.693. The lowest BCUT2D eigenvalue weighted by molar-refractivity contribution is 0.0526. The van der Waals surface area contributed by atoms with Crippen LogP contribution in [0.1, 0.15) is 46.1 Å². The fourth-order valence-corrected chi connectivity index (χ4v) is 5.05. The van der Waals surface area contributed by atoms with Crippen LogP contribution < -0.4 is 9.47 Å². The predicted molar refractivity (Wildman–Crippen MR) is 119 cm³/mol. The first-order valence-electron chi connectivity index (χ1n) is 9.38. The summed E-state index contributed by atoms with van der Waals surface area (Å²) in [5.41, 5.74) is 2.52. The molecule has 1 aromatic heterocycles. The van der Waals surface area contributed by atoms with Crippen LogP contribution in [0, 0.1) is 12.3 Å². The molecular formula is C22H22BrNO4S. The number of ether oxygens (including phenoxy) is 3. The normalized spacial score (nSPS) is 13.0. The van der Waals surface area contributed by atoms with E-state index in [1.807, 2.05) is 19.1 Å². The lowest BCUT2D eigenvalue weighted by Crippen LogP contribution is -2.09. The van der Waals surface area contributed by atoms with Gasteiger partial charge in [-0.05, 0) is 71.8 Å². The molecule has 1 aliphatic carbocycles. The number of rotatable bonds is 7. The Hall–Kier alpha value is -2.30. The Morgan fingerprint density at radius 2 is 2.17 bits per heavy atom. The number of hydrogen-bond donors (Lipinski definition) is 0. The molecule has 1 aliphatic rings. The third-order valence-corrected chi connectivity index (χ3v) is 6.30. The van der Waals surface area contributed by atoms with Gasteiger partial charge in [0.2, 0.25) is 0 Å². The number of esters is 1. The molecule has 1 heterocycles. The van der Waals surface area contributed by atoms with Gasteiger partial charge in [0.1, 0.15) is 11.6 Å². The Bertz CT molecular complexity index is 974. The summed E-state index contributed by atoms with van der Waals surface area (Å²) in [6.45, 7) is 2.30. The molecule has 0 saturated carbocycles. The van der Waals surface area contributed by atoms with Gasteiger partial charge in [-0.25, -0.2) is 9.79 Å². The van der Waals surface area contributed by atoms with Crippen molar-refractivity contribution in [2.24, 2.45) is 4.99 Å². The number of benzene rings is 1. The number of methoxy groups -OCH3 is 1. The van der Waals surface area contributed by atoms with Gasteiger partial charge < -0.3 is 14.2 Å². The molecule has 3 rings (SSSR count). The fraction of sp³-hybridized carbons (Fsp3) is 0.364. The number of halogens is 1. The molecule has 0 fully saturated rings. The minimum Gasteiger partial charge on any atom is -0.493 e. The number of terminal acetylenes is 1. The Morgan fingerprint density at radius 1 is 1.38 bits per heavy atom. The van der Waals surface area contributed by atoms with Gasteiger partial charge in [-0.3, -0.25) is 0 Å². The average molecular weight is 476 g/mol. The highest BCUT2D eigenvalue weighted by Crippen LogP contribution is 2.41. The van der Waals surface area contributed by atoms with Crippen LogP contribution in [0.25, 0.3) is 0 Å². The Balaban J connectivity index is 1.96. The van der Waals surface area contributed by atoms with Crippen LogP contribution in [0.15, 0.2) is 21.6 Å². The number of aliphatic imine (C=N–C) groups is 1. The zero-order valence-electron chi connectivity index (χ0n) is 16.4. The molecule has 0 N–H and O–H groups in total. The second-order valence-electron chi connectivity index (χ2n) is 6.40. The van der Waals surface area contributed by atoms with Crippen LogP contribution in [0.4, 0.5) is 5.00 Å². The predicted octanol–water partition coefficient (Wildman–Crippen LogP) is 5.34. The Kier molecular flexibility index (Phi) is 7.34. The minimum atomic E-state index is -0.296. The van der Waals surface area contributed by atoms with Crippen molar-refractivity contribution < 1.29 is 19.0 Å². The Morgan fingerprint density at radius 3 is 2.90 bits per heavy atom. The maximum Gasteiger partial charge on any atom is 0.341 e. The van der Waals surface area contributed by atoms with E-state index in [0.717, 1.165) is 36.8 Å². The summed E-state index contributed by atoms with van der Waals surface area (Å²) in [4.78, 5) is 18.4. The highest BCUT2D eigenvalue weighted by Gasteiger charge is 2.26. The van der Waals surface area contributed by atoms with E-state index in [9.17, 15) is 4.79 Å². The largest absolute Gasteiger partial charge is 0.493 e. The Labute approximate surface area is 183 Å². The number of aryl methyl sites for hydroxylation is 1. The second-order valence-corrected chi connectivity index (χ2v) is 8.33. The molecule has 1 aromatic carbocycles. The van der Waals surface area contributed by atoms with Gasteiger partial charge in [0, 0.05) is 11.1 Å². The smallest absolute Gasteiger partial charge is 0.341 e. The molecule has 0 bridgehead atoms. The van der Waals surface area contributed by atoms with Crippen LogP contribution in [-0.2, 0) is 17.6 Å². The third-order valence-electron chi connectivity index (χ3n) is 4.51. The molecule has 0 spiro atoms. The molecule has 5 nitrogen and oxygen atoms in total. The van der Waals surface area contributed by atoms with Crippen molar-refractivity contribution in [2.75, 3.05) is 20.3 Å². The second kappa shape index (κ2) is 9.95. The molecule has 29 heavy (non-hydrogen) atoms. The van der Waals surface area contributed by atoms with Gasteiger partial charge in [-0.1, -0.05) is 5.92 Å². The van der Waals surface area contributed by atoms with Crippen LogP contribution in [0.3, 0.4) is 0 Å². The van der Waals surface area contributed by atoms with Crippen molar-refractivity contribution in [3.05, 3.63) is 38.2 Å². The lowest BCUT2D eigenvalue weighted by atomic mass is 9.95. The van der Waals surface area contributed by atoms with E-state index in [1.165, 1.54) is 4.88 Å². The van der Waals surface area contributed by atoms with Crippen LogP contribution in [0.5, 0.6) is 11.5 Å². The molecule has 7 heteroatoms. The lowest BCUT2D eigenvalue weighted by Gasteiger charge is -2.12. The molecule has 0 atom stereocenters. The maximum atomic E-state index is 12.6. The number of carbonyl (C=O) groups excluding carboxylic acids is 1. The fourth-order valence-electron chi connectivity index (χ4n) is 3.26. The summed E-state index contributed by atoms with van der Waals surface area (Å²) >= 11 is 5.07. The first-order valence-corrected chi connectivity index (χ1v) is 11.0. The van der Waals surface area contributed by atoms with Crippen molar-refractivity contribution in [3.8, 4) is 23.8 Å². The first-order chi connectivity index (χ1) is 14.1. The van der Waals surface area contributed by atoms with Gasteiger partial charge in [-0.15, -0.1) is 17.8 Å². The number of fused-ring (bicyclic) bond motifs is 1. The molecule has 0 amide bonds. The molecule has 0 aliphatic heterocycles. The number of carbonyl (C=O) groups is 1. The van der Waals surface area contributed by atoms with E-state index in [1.54, 1.807) is 24.7 Å². The van der Waals surface area contributed by atoms with Crippen molar-refractivity contribution in [2.45, 2.75) is 32.6 Å². The van der Waals surface area contributed by atoms with Gasteiger partial charge >= 0.3 is 5.97 Å². The van der Waals surface area contributed by atoms with E-state index in [-0.39, 0.29) is 12.6 Å². The zero-order valence-corrected chi connectivity index (χ0v) is 18.8. The third kappa shape index (κ3) is 4.82. The number of thiophene rings is 1.